The second-order valence-corrected chi connectivity index (χ2v) is 10.9. The fraction of sp³-hybridized carbons (Fsp3) is 0.321. The number of carbonyl (C=O) groups is 1. The summed E-state index contributed by atoms with van der Waals surface area (Å²) in [6.45, 7) is 9.04. The molecule has 0 saturated carbocycles. The maximum atomic E-state index is 13.6. The number of nitrogens with one attached hydrogen (secondary N) is 1. The van der Waals surface area contributed by atoms with E-state index < -0.39 is 5.79 Å². The van der Waals surface area contributed by atoms with Gasteiger partial charge in [0.05, 0.1) is 12.2 Å². The van der Waals surface area contributed by atoms with Crippen LogP contribution in [0.1, 0.15) is 54.9 Å². The second-order valence-electron chi connectivity index (χ2n) is 10.1. The van der Waals surface area contributed by atoms with Crippen molar-refractivity contribution in [3.8, 4) is 16.9 Å². The molecule has 0 spiro atoms. The lowest BCUT2D eigenvalue weighted by atomic mass is 9.71. The van der Waals surface area contributed by atoms with Gasteiger partial charge in [0, 0.05) is 27.6 Å². The summed E-state index contributed by atoms with van der Waals surface area (Å²) in [6.07, 6.45) is -0.113. The molecule has 0 radical (unpaired) electrons. The maximum Gasteiger partial charge on any atom is 0.195 e. The third-order valence-electron chi connectivity index (χ3n) is 6.92. The van der Waals surface area contributed by atoms with E-state index in [0.29, 0.717) is 13.2 Å². The van der Waals surface area contributed by atoms with Crippen molar-refractivity contribution >= 4 is 28.0 Å². The van der Waals surface area contributed by atoms with E-state index in [1.807, 2.05) is 32.0 Å². The number of ketones is 1. The number of hydrogen-bond donors (Lipinski definition) is 1. The van der Waals surface area contributed by atoms with Gasteiger partial charge in [0.15, 0.2) is 11.6 Å². The number of thiophene rings is 1. The molecule has 1 atom stereocenters. The highest BCUT2D eigenvalue weighted by molar-refractivity contribution is 7.08. The standard InChI is InChI=1S/C28H27NO4S/c1-27(2)22-12-18(31-13-19-14-32-28(3,4)33-19)6-8-20(22)25(30)24-21-7-5-16(17-9-10-34-15-17)11-23(21)29-26(24)27/h5-12,15,19,29H,13-14H2,1-4H3/t19-/m0/s1. The molecule has 4 aromatic rings. The first-order chi connectivity index (χ1) is 16.2. The van der Waals surface area contributed by atoms with Crippen LogP contribution in [-0.2, 0) is 14.9 Å². The molecule has 34 heavy (non-hydrogen) atoms. The summed E-state index contributed by atoms with van der Waals surface area (Å²) >= 11 is 1.68. The van der Waals surface area contributed by atoms with Gasteiger partial charge in [-0.05, 0) is 71.6 Å². The summed E-state index contributed by atoms with van der Waals surface area (Å²) in [7, 11) is 0. The summed E-state index contributed by atoms with van der Waals surface area (Å²) < 4.78 is 17.5. The molecular weight excluding hydrogens is 446 g/mol. The van der Waals surface area contributed by atoms with Crippen LogP contribution >= 0.6 is 11.3 Å². The quantitative estimate of drug-likeness (QED) is 0.378. The molecule has 3 heterocycles. The molecule has 174 valence electrons. The first kappa shape index (κ1) is 21.6. The number of hydrogen-bond acceptors (Lipinski definition) is 5. The van der Waals surface area contributed by atoms with Gasteiger partial charge < -0.3 is 19.2 Å². The van der Waals surface area contributed by atoms with E-state index in [0.717, 1.165) is 44.6 Å². The average Bonchev–Trinajstić information content (AvgIpc) is 3.54. The van der Waals surface area contributed by atoms with Gasteiger partial charge in [0.2, 0.25) is 0 Å². The van der Waals surface area contributed by atoms with Crippen LogP contribution in [0, 0.1) is 0 Å². The highest BCUT2D eigenvalue weighted by Gasteiger charge is 2.40. The predicted molar refractivity (Wildman–Crippen MR) is 134 cm³/mol. The molecule has 0 amide bonds. The summed E-state index contributed by atoms with van der Waals surface area (Å²) in [5.41, 5.74) is 6.37. The Balaban J connectivity index is 1.35. The number of carbonyl (C=O) groups excluding carboxylic acids is 1. The zero-order valence-electron chi connectivity index (χ0n) is 19.7. The Morgan fingerprint density at radius 2 is 1.94 bits per heavy atom. The van der Waals surface area contributed by atoms with Gasteiger partial charge in [-0.3, -0.25) is 4.79 Å². The summed E-state index contributed by atoms with van der Waals surface area (Å²) in [5, 5.41) is 5.19. The normalized spacial score (nSPS) is 20.4. The molecule has 6 heteroatoms. The second kappa shape index (κ2) is 7.54. The number of aromatic nitrogens is 1. The molecular formula is C28H27NO4S. The van der Waals surface area contributed by atoms with Gasteiger partial charge in [0.25, 0.3) is 0 Å². The van der Waals surface area contributed by atoms with E-state index >= 15 is 0 Å². The Kier molecular flexibility index (Phi) is 4.79. The van der Waals surface area contributed by atoms with Crippen molar-refractivity contribution in [1.82, 2.24) is 4.98 Å². The zero-order valence-corrected chi connectivity index (χ0v) is 20.5. The minimum atomic E-state index is -0.576. The molecule has 2 aromatic heterocycles. The summed E-state index contributed by atoms with van der Waals surface area (Å²) in [4.78, 5) is 17.2. The molecule has 5 nitrogen and oxygen atoms in total. The van der Waals surface area contributed by atoms with Gasteiger partial charge in [-0.2, -0.15) is 11.3 Å². The molecule has 1 saturated heterocycles. The molecule has 1 aliphatic heterocycles. The van der Waals surface area contributed by atoms with Crippen LogP contribution in [0.2, 0.25) is 0 Å². The van der Waals surface area contributed by atoms with Crippen molar-refractivity contribution in [2.45, 2.75) is 45.0 Å². The fourth-order valence-electron chi connectivity index (χ4n) is 5.14. The highest BCUT2D eigenvalue weighted by atomic mass is 32.1. The number of aromatic amines is 1. The van der Waals surface area contributed by atoms with E-state index in [4.69, 9.17) is 14.2 Å². The Bertz CT molecular complexity index is 1410. The Hall–Kier alpha value is -2.93. The number of fused-ring (bicyclic) bond motifs is 4. The third-order valence-corrected chi connectivity index (χ3v) is 7.60. The van der Waals surface area contributed by atoms with E-state index in [1.165, 1.54) is 5.56 Å². The fourth-order valence-corrected chi connectivity index (χ4v) is 5.81. The topological polar surface area (TPSA) is 60.5 Å². The van der Waals surface area contributed by atoms with Crippen molar-refractivity contribution in [1.29, 1.82) is 0 Å². The number of H-pyrrole nitrogens is 1. The van der Waals surface area contributed by atoms with Gasteiger partial charge >= 0.3 is 0 Å². The van der Waals surface area contributed by atoms with Gasteiger partial charge in [-0.15, -0.1) is 0 Å². The van der Waals surface area contributed by atoms with Crippen LogP contribution in [0.4, 0.5) is 0 Å². The Labute approximate surface area is 202 Å². The van der Waals surface area contributed by atoms with Crippen LogP contribution in [0.25, 0.3) is 22.0 Å². The number of benzene rings is 2. The van der Waals surface area contributed by atoms with Crippen molar-refractivity contribution in [3.63, 3.8) is 0 Å². The average molecular weight is 474 g/mol. The molecule has 2 aliphatic rings. The summed E-state index contributed by atoms with van der Waals surface area (Å²) in [6, 6.07) is 14.2. The number of ether oxygens (including phenoxy) is 3. The van der Waals surface area contributed by atoms with Crippen LogP contribution in [0.5, 0.6) is 5.75 Å². The lowest BCUT2D eigenvalue weighted by molar-refractivity contribution is -0.141. The number of rotatable bonds is 4. The molecule has 2 aromatic carbocycles. The lowest BCUT2D eigenvalue weighted by Crippen LogP contribution is -2.30. The zero-order chi connectivity index (χ0) is 23.7. The summed E-state index contributed by atoms with van der Waals surface area (Å²) in [5.74, 6) is 0.208. The van der Waals surface area contributed by atoms with Crippen LogP contribution < -0.4 is 4.74 Å². The van der Waals surface area contributed by atoms with Crippen molar-refractivity contribution < 1.29 is 19.0 Å². The van der Waals surface area contributed by atoms with Crippen LogP contribution in [0.3, 0.4) is 0 Å². The first-order valence-electron chi connectivity index (χ1n) is 11.6. The van der Waals surface area contributed by atoms with Gasteiger partial charge in [-0.1, -0.05) is 26.0 Å². The van der Waals surface area contributed by atoms with Gasteiger partial charge in [-0.25, -0.2) is 0 Å². The highest BCUT2D eigenvalue weighted by Crippen LogP contribution is 2.45. The SMILES string of the molecule is CC1(C)OC[C@H](COc2ccc3c(c2)C(C)(C)c2[nH]c4cc(-c5ccsc5)ccc4c2C3=O)O1. The minimum absolute atomic E-state index is 0.0553. The van der Waals surface area contributed by atoms with Crippen LogP contribution in [-0.4, -0.2) is 35.9 Å². The van der Waals surface area contributed by atoms with Crippen molar-refractivity contribution in [2.24, 2.45) is 0 Å². The molecule has 1 N–H and O–H groups in total. The first-order valence-corrected chi connectivity index (χ1v) is 12.5. The van der Waals surface area contributed by atoms with Crippen molar-refractivity contribution in [3.05, 3.63) is 75.6 Å². The van der Waals surface area contributed by atoms with Gasteiger partial charge in [0.1, 0.15) is 18.5 Å². The molecule has 0 bridgehead atoms. The van der Waals surface area contributed by atoms with E-state index in [2.05, 4.69) is 53.9 Å². The largest absolute Gasteiger partial charge is 0.491 e. The molecule has 1 fully saturated rings. The van der Waals surface area contributed by atoms with E-state index in [1.54, 1.807) is 11.3 Å². The molecule has 6 rings (SSSR count). The Morgan fingerprint density at radius 3 is 2.68 bits per heavy atom. The van der Waals surface area contributed by atoms with Crippen LogP contribution in [0.15, 0.2) is 53.2 Å². The minimum Gasteiger partial charge on any atom is -0.491 e. The smallest absolute Gasteiger partial charge is 0.195 e. The van der Waals surface area contributed by atoms with E-state index in [9.17, 15) is 4.79 Å². The predicted octanol–water partition coefficient (Wildman–Crippen LogP) is 6.30. The molecule has 0 unspecified atom stereocenters. The maximum absolute atomic E-state index is 13.6. The van der Waals surface area contributed by atoms with Crippen molar-refractivity contribution in [2.75, 3.05) is 13.2 Å². The third kappa shape index (κ3) is 3.40. The lowest BCUT2D eigenvalue weighted by Gasteiger charge is -2.32. The Morgan fingerprint density at radius 1 is 1.09 bits per heavy atom. The monoisotopic (exact) mass is 473 g/mol. The molecule has 1 aliphatic carbocycles. The van der Waals surface area contributed by atoms with E-state index in [-0.39, 0.29) is 17.3 Å².